The molecule has 3 amide bonds. The van der Waals surface area contributed by atoms with Crippen LogP contribution in [0.4, 0.5) is 10.8 Å². The zero-order valence-electron chi connectivity index (χ0n) is 27.5. The summed E-state index contributed by atoms with van der Waals surface area (Å²) in [6.45, 7) is 3.98. The monoisotopic (exact) mass is 692 g/mol. The van der Waals surface area contributed by atoms with E-state index in [0.29, 0.717) is 39.9 Å². The number of rotatable bonds is 13. The third-order valence-corrected chi connectivity index (χ3v) is 9.48. The molecule has 11 heteroatoms. The first-order valence-electron chi connectivity index (χ1n) is 15.5. The number of nitrogens with one attached hydrogen (secondary N) is 3. The van der Waals surface area contributed by atoms with Crippen LogP contribution in [0.3, 0.4) is 0 Å². The van der Waals surface area contributed by atoms with Gasteiger partial charge < -0.3 is 25.4 Å². The van der Waals surface area contributed by atoms with Gasteiger partial charge >= 0.3 is 0 Å². The van der Waals surface area contributed by atoms with Crippen LogP contribution in [-0.4, -0.2) is 42.2 Å². The Kier molecular flexibility index (Phi) is 11.9. The molecule has 1 atom stereocenters. The number of aryl methyl sites for hydroxylation is 1. The van der Waals surface area contributed by atoms with Crippen LogP contribution in [0.25, 0.3) is 17.3 Å². The molecule has 4 aromatic carbocycles. The highest BCUT2D eigenvalue weighted by molar-refractivity contribution is 8.00. The Labute approximate surface area is 293 Å². The number of benzene rings is 4. The van der Waals surface area contributed by atoms with Crippen molar-refractivity contribution in [3.05, 3.63) is 125 Å². The fourth-order valence-corrected chi connectivity index (χ4v) is 6.49. The summed E-state index contributed by atoms with van der Waals surface area (Å²) in [5, 5.41) is 10.7. The number of nitrogens with zero attached hydrogens (tertiary/aromatic N) is 1. The molecule has 1 aromatic heterocycles. The van der Waals surface area contributed by atoms with Gasteiger partial charge in [0.15, 0.2) is 16.6 Å². The van der Waals surface area contributed by atoms with Crippen LogP contribution < -0.4 is 25.4 Å². The van der Waals surface area contributed by atoms with E-state index in [9.17, 15) is 14.4 Å². The van der Waals surface area contributed by atoms with E-state index in [2.05, 4.69) is 20.9 Å². The van der Waals surface area contributed by atoms with Gasteiger partial charge in [0, 0.05) is 27.1 Å². The van der Waals surface area contributed by atoms with Crippen LogP contribution in [0.1, 0.15) is 34.8 Å². The fourth-order valence-electron chi connectivity index (χ4n) is 4.76. The van der Waals surface area contributed by atoms with Crippen LogP contribution in [0, 0.1) is 6.92 Å². The highest BCUT2D eigenvalue weighted by Crippen LogP contribution is 2.31. The molecule has 0 spiro atoms. The number of amides is 3. The number of anilines is 2. The molecule has 0 saturated heterocycles. The summed E-state index contributed by atoms with van der Waals surface area (Å²) in [7, 11) is 3.06. The standard InChI is InChI=1S/C38H36N4O5S2/c1-5-34(37(45)42-38-41-31(23-48-38)26-17-14-24(2)15-18-26)49-29-13-9-12-28(22-29)39-36(44)30(40-35(43)27-10-7-6-8-11-27)20-25-16-19-32(46-3)33(21-25)47-4/h6-23,34H,5H2,1-4H3,(H,39,44)(H,40,43)(H,41,42,45)/b30-20+. The normalized spacial score (nSPS) is 11.7. The minimum atomic E-state index is -0.529. The van der Waals surface area contributed by atoms with E-state index in [-0.39, 0.29) is 11.6 Å². The molecule has 3 N–H and O–H groups in total. The molecule has 5 aromatic rings. The van der Waals surface area contributed by atoms with Gasteiger partial charge in [0.2, 0.25) is 5.91 Å². The Balaban J connectivity index is 1.30. The summed E-state index contributed by atoms with van der Waals surface area (Å²) in [5.41, 5.74) is 4.51. The predicted octanol–water partition coefficient (Wildman–Crippen LogP) is 8.05. The Morgan fingerprint density at radius 1 is 0.878 bits per heavy atom. The topological polar surface area (TPSA) is 119 Å². The number of hydrogen-bond donors (Lipinski definition) is 3. The molecule has 5 rings (SSSR count). The number of ether oxygens (including phenoxy) is 2. The summed E-state index contributed by atoms with van der Waals surface area (Å²) in [5.74, 6) is -0.110. The van der Waals surface area contributed by atoms with E-state index in [4.69, 9.17) is 9.47 Å². The highest BCUT2D eigenvalue weighted by atomic mass is 32.2. The van der Waals surface area contributed by atoms with Crippen molar-refractivity contribution in [1.29, 1.82) is 0 Å². The first-order chi connectivity index (χ1) is 23.8. The molecule has 0 aliphatic rings. The SMILES string of the molecule is CCC(Sc1cccc(NC(=O)/C(=C\c2ccc(OC)c(OC)c2)NC(=O)c2ccccc2)c1)C(=O)Nc1nc(-c2ccc(C)cc2)cs1. The lowest BCUT2D eigenvalue weighted by Gasteiger charge is -2.15. The van der Waals surface area contributed by atoms with Gasteiger partial charge in [-0.15, -0.1) is 23.1 Å². The van der Waals surface area contributed by atoms with Crippen LogP contribution >= 0.6 is 23.1 Å². The number of thiazole rings is 1. The van der Waals surface area contributed by atoms with E-state index in [1.165, 1.54) is 42.9 Å². The number of carbonyl (C=O) groups is 3. The lowest BCUT2D eigenvalue weighted by molar-refractivity contribution is -0.116. The van der Waals surface area contributed by atoms with Gasteiger partial charge in [0.05, 0.1) is 25.2 Å². The van der Waals surface area contributed by atoms with Crippen molar-refractivity contribution in [2.75, 3.05) is 24.9 Å². The van der Waals surface area contributed by atoms with Crippen molar-refractivity contribution >= 4 is 57.7 Å². The van der Waals surface area contributed by atoms with Crippen molar-refractivity contribution in [3.63, 3.8) is 0 Å². The van der Waals surface area contributed by atoms with E-state index in [0.717, 1.165) is 16.2 Å². The second-order valence-electron chi connectivity index (χ2n) is 10.9. The molecular weight excluding hydrogens is 657 g/mol. The number of methoxy groups -OCH3 is 2. The van der Waals surface area contributed by atoms with Gasteiger partial charge in [-0.1, -0.05) is 67.1 Å². The summed E-state index contributed by atoms with van der Waals surface area (Å²) in [6.07, 6.45) is 2.14. The molecule has 0 bridgehead atoms. The molecule has 1 unspecified atom stereocenters. The maximum absolute atomic E-state index is 13.7. The second kappa shape index (κ2) is 16.6. The second-order valence-corrected chi connectivity index (χ2v) is 13.0. The first-order valence-corrected chi connectivity index (χ1v) is 17.2. The average molecular weight is 693 g/mol. The number of aromatic nitrogens is 1. The maximum atomic E-state index is 13.7. The zero-order chi connectivity index (χ0) is 34.8. The maximum Gasteiger partial charge on any atom is 0.272 e. The van der Waals surface area contributed by atoms with E-state index < -0.39 is 17.1 Å². The fraction of sp³-hybridized carbons (Fsp3) is 0.158. The van der Waals surface area contributed by atoms with E-state index >= 15 is 0 Å². The lowest BCUT2D eigenvalue weighted by Crippen LogP contribution is -2.30. The predicted molar refractivity (Wildman–Crippen MR) is 197 cm³/mol. The molecule has 0 fully saturated rings. The van der Waals surface area contributed by atoms with Gasteiger partial charge in [0.1, 0.15) is 5.70 Å². The summed E-state index contributed by atoms with van der Waals surface area (Å²) < 4.78 is 10.7. The highest BCUT2D eigenvalue weighted by Gasteiger charge is 2.21. The molecule has 49 heavy (non-hydrogen) atoms. The molecule has 250 valence electrons. The number of thioether (sulfide) groups is 1. The van der Waals surface area contributed by atoms with Crippen LogP contribution in [0.15, 0.2) is 113 Å². The number of carbonyl (C=O) groups excluding carboxylic acids is 3. The first kappa shape index (κ1) is 34.9. The summed E-state index contributed by atoms with van der Waals surface area (Å²) in [4.78, 5) is 45.4. The molecule has 0 saturated carbocycles. The molecule has 0 aliphatic heterocycles. The van der Waals surface area contributed by atoms with Crippen LogP contribution in [-0.2, 0) is 9.59 Å². The molecular formula is C38H36N4O5S2. The van der Waals surface area contributed by atoms with Gasteiger partial charge in [0.25, 0.3) is 11.8 Å². The minimum Gasteiger partial charge on any atom is -0.493 e. The molecule has 9 nitrogen and oxygen atoms in total. The van der Waals surface area contributed by atoms with Gasteiger partial charge in [-0.3, -0.25) is 14.4 Å². The van der Waals surface area contributed by atoms with Crippen molar-refractivity contribution in [2.24, 2.45) is 0 Å². The zero-order valence-corrected chi connectivity index (χ0v) is 29.1. The largest absolute Gasteiger partial charge is 0.493 e. The van der Waals surface area contributed by atoms with Gasteiger partial charge in [-0.25, -0.2) is 4.98 Å². The molecule has 0 radical (unpaired) electrons. The lowest BCUT2D eigenvalue weighted by atomic mass is 10.1. The van der Waals surface area contributed by atoms with Gasteiger partial charge in [-0.05, 0) is 67.4 Å². The third-order valence-electron chi connectivity index (χ3n) is 7.36. The Morgan fingerprint density at radius 3 is 2.35 bits per heavy atom. The average Bonchev–Trinajstić information content (AvgIpc) is 3.59. The quantitative estimate of drug-likeness (QED) is 0.0844. The summed E-state index contributed by atoms with van der Waals surface area (Å²) in [6, 6.07) is 29.1. The Morgan fingerprint density at radius 2 is 1.63 bits per heavy atom. The van der Waals surface area contributed by atoms with Crippen molar-refractivity contribution < 1.29 is 23.9 Å². The van der Waals surface area contributed by atoms with Crippen LogP contribution in [0.2, 0.25) is 0 Å². The molecule has 0 aliphatic carbocycles. The smallest absolute Gasteiger partial charge is 0.272 e. The van der Waals surface area contributed by atoms with Crippen molar-refractivity contribution in [3.8, 4) is 22.8 Å². The summed E-state index contributed by atoms with van der Waals surface area (Å²) >= 11 is 2.77. The minimum absolute atomic E-state index is 0.0263. The number of hydrogen-bond acceptors (Lipinski definition) is 8. The van der Waals surface area contributed by atoms with E-state index in [1.54, 1.807) is 66.7 Å². The van der Waals surface area contributed by atoms with Crippen LogP contribution in [0.5, 0.6) is 11.5 Å². The van der Waals surface area contributed by atoms with E-state index in [1.807, 2.05) is 55.6 Å². The Bertz CT molecular complexity index is 1960. The Hall–Kier alpha value is -5.39. The van der Waals surface area contributed by atoms with Gasteiger partial charge in [-0.2, -0.15) is 0 Å². The molecule has 1 heterocycles. The van der Waals surface area contributed by atoms with Crippen molar-refractivity contribution in [2.45, 2.75) is 30.4 Å². The van der Waals surface area contributed by atoms with Crippen molar-refractivity contribution in [1.82, 2.24) is 10.3 Å². The third kappa shape index (κ3) is 9.37.